The molecule has 1 aliphatic heterocycles. The summed E-state index contributed by atoms with van der Waals surface area (Å²) in [6.45, 7) is 49.5. The van der Waals surface area contributed by atoms with Crippen LogP contribution in [0, 0.1) is 73.6 Å². The highest BCUT2D eigenvalue weighted by molar-refractivity contribution is 6.03. The van der Waals surface area contributed by atoms with Gasteiger partial charge in [-0.25, -0.2) is 38.1 Å². The zero-order valence-corrected chi connectivity index (χ0v) is 81.2. The Hall–Kier alpha value is -14.4. The molecule has 0 amide bonds. The monoisotopic (exact) mass is 1840 g/mol. The van der Waals surface area contributed by atoms with Crippen LogP contribution in [0.3, 0.4) is 0 Å². The lowest BCUT2D eigenvalue weighted by Crippen LogP contribution is -2.46. The van der Waals surface area contributed by atoms with Crippen LogP contribution in [0.2, 0.25) is 0 Å². The van der Waals surface area contributed by atoms with E-state index >= 15 is 0 Å². The van der Waals surface area contributed by atoms with Gasteiger partial charge in [-0.3, -0.25) is 0 Å². The molecule has 0 unspecified atom stereocenters. The number of benzene rings is 8. The largest absolute Gasteiger partial charge is 0.371 e. The van der Waals surface area contributed by atoms with E-state index in [1.54, 1.807) is 0 Å². The van der Waals surface area contributed by atoms with Gasteiger partial charge in [0, 0.05) is 94.1 Å². The van der Waals surface area contributed by atoms with Crippen molar-refractivity contribution in [1.82, 2.24) is 39.1 Å². The summed E-state index contributed by atoms with van der Waals surface area (Å²) < 4.78 is 8.39. The SMILES string of the molecule is [C-]#[N+]C1=C[C@@]2(C)c3c(c(C4CCCCC4)nn3-c3ccc(-c4ccccc4)cc3)CC[C@@H]2[C@@H](C)C1=O.[C-]#[N+]C1=C[C@@]2(C)c3c(c(N4CCCCC4)nn3-c3ccc(-c4ccccc4)cc3)CC[C@@H]2[C@@H](C)C1=O.[C-]#[N+]C1=C[C@@]2(C)c3c(c(NC)nn3-c3ccc(-c4ccccc4)cc3)CC[C@@H]2[C@@H](C)C1=O.[C-]#[N+]C1=C[C@@]2(C)c3c(c(NC4CCC4)nn3-c3ccc(-c4ccccc4)cc3)CC[C@@H]2[C@@H](C)C1=O. The average Bonchev–Trinajstić information content (AvgIpc) is 1.60. The molecule has 2 saturated carbocycles. The zero-order valence-electron chi connectivity index (χ0n) is 81.2. The third kappa shape index (κ3) is 16.4. The van der Waals surface area contributed by atoms with Crippen molar-refractivity contribution in [1.29, 1.82) is 0 Å². The number of nitrogens with zero attached hydrogens (tertiary/aromatic N) is 13. The highest BCUT2D eigenvalue weighted by atomic mass is 16.1. The van der Waals surface area contributed by atoms with Gasteiger partial charge < -0.3 is 34.7 Å². The fraction of sp³-hybridized carbons (Fsp3) is 0.367. The van der Waals surface area contributed by atoms with Crippen LogP contribution >= 0.6 is 0 Å². The van der Waals surface area contributed by atoms with Crippen molar-refractivity contribution in [2.24, 2.45) is 47.3 Å². The molecule has 700 valence electrons. The van der Waals surface area contributed by atoms with Gasteiger partial charge in [-0.15, -0.1) is 15.3 Å². The highest BCUT2D eigenvalue weighted by Gasteiger charge is 2.56. The van der Waals surface area contributed by atoms with Crippen LogP contribution in [0.4, 0.5) is 17.5 Å². The number of fused-ring (bicyclic) bond motifs is 12. The number of rotatable bonds is 13. The maximum atomic E-state index is 12.9. The summed E-state index contributed by atoms with van der Waals surface area (Å²) >= 11 is 0. The van der Waals surface area contributed by atoms with Crippen LogP contribution < -0.4 is 15.5 Å². The Morgan fingerprint density at radius 3 is 0.935 bits per heavy atom. The van der Waals surface area contributed by atoms with Gasteiger partial charge in [0.05, 0.1) is 77.5 Å². The molecular weight excluding hydrogens is 1720 g/mol. The van der Waals surface area contributed by atoms with E-state index in [9.17, 15) is 19.2 Å². The van der Waals surface area contributed by atoms with E-state index < -0.39 is 21.7 Å². The molecule has 12 atom stereocenters. The number of piperidine rings is 1. The molecule has 0 spiro atoms. The van der Waals surface area contributed by atoms with E-state index in [4.69, 9.17) is 46.7 Å². The smallest absolute Gasteiger partial charge is 0.226 e. The number of allylic oxidation sites excluding steroid dienone is 8. The van der Waals surface area contributed by atoms with Crippen molar-refractivity contribution in [2.75, 3.05) is 35.7 Å². The van der Waals surface area contributed by atoms with Crippen molar-refractivity contribution < 1.29 is 19.2 Å². The van der Waals surface area contributed by atoms with E-state index in [2.05, 4.69) is 259 Å². The molecule has 139 heavy (non-hydrogen) atoms. The first-order valence-electron chi connectivity index (χ1n) is 50.4. The Bertz CT molecular complexity index is 6840. The van der Waals surface area contributed by atoms with Crippen molar-refractivity contribution in [3.8, 4) is 67.3 Å². The highest BCUT2D eigenvalue weighted by Crippen LogP contribution is 2.58. The minimum atomic E-state index is -0.430. The lowest BCUT2D eigenvalue weighted by molar-refractivity contribution is -0.122. The number of carbonyl (C=O) groups excluding carboxylic acids is 4. The summed E-state index contributed by atoms with van der Waals surface area (Å²) in [5.74, 6) is 3.37. The molecule has 10 aliphatic carbocycles. The number of Topliss-reactive ketones (excluding diaryl/α,β-unsaturated/α-hetero) is 4. The quantitative estimate of drug-likeness (QED) is 0.105. The van der Waals surface area contributed by atoms with Crippen molar-refractivity contribution in [3.63, 3.8) is 0 Å². The molecule has 2 N–H and O–H groups in total. The maximum absolute atomic E-state index is 12.9. The summed E-state index contributed by atoms with van der Waals surface area (Å²) in [6.07, 6.45) is 28.7. The summed E-state index contributed by atoms with van der Waals surface area (Å²) in [5.41, 5.74) is 23.9. The van der Waals surface area contributed by atoms with Gasteiger partial charge in [-0.2, -0.15) is 5.10 Å². The predicted octanol–water partition coefficient (Wildman–Crippen LogP) is 25.6. The number of nitrogens with one attached hydrogen (secondary N) is 2. The van der Waals surface area contributed by atoms with E-state index in [1.165, 1.54) is 143 Å². The molecule has 19 heteroatoms. The van der Waals surface area contributed by atoms with Crippen molar-refractivity contribution in [3.05, 3.63) is 362 Å². The number of hydrogen-bond donors (Lipinski definition) is 2. The molecule has 0 bridgehead atoms. The minimum Gasteiger partial charge on any atom is -0.371 e. The second-order valence-electron chi connectivity index (χ2n) is 41.3. The van der Waals surface area contributed by atoms with Gasteiger partial charge in [0.2, 0.25) is 22.8 Å². The van der Waals surface area contributed by atoms with Crippen molar-refractivity contribution >= 4 is 40.6 Å². The fourth-order valence-corrected chi connectivity index (χ4v) is 25.9. The third-order valence-electron chi connectivity index (χ3n) is 33.4. The van der Waals surface area contributed by atoms with E-state index in [0.29, 0.717) is 17.7 Å². The normalized spacial score (nSPS) is 25.4. The Morgan fingerprint density at radius 2 is 0.604 bits per heavy atom. The molecule has 1 saturated heterocycles. The molecule has 23 rings (SSSR count). The van der Waals surface area contributed by atoms with Gasteiger partial charge in [-0.05, 0) is 225 Å². The van der Waals surface area contributed by atoms with E-state index in [0.717, 1.165) is 127 Å². The number of anilines is 3. The first-order valence-corrected chi connectivity index (χ1v) is 50.4. The Morgan fingerprint density at radius 1 is 0.317 bits per heavy atom. The Kier molecular flexibility index (Phi) is 25.1. The van der Waals surface area contributed by atoms with Crippen LogP contribution in [0.1, 0.15) is 208 Å². The third-order valence-corrected chi connectivity index (χ3v) is 33.4. The first kappa shape index (κ1) is 92.3. The molecule has 12 aromatic rings. The average molecular weight is 1840 g/mol. The summed E-state index contributed by atoms with van der Waals surface area (Å²) in [5, 5.41) is 27.6. The lowest BCUT2D eigenvalue weighted by Gasteiger charge is -2.46. The van der Waals surface area contributed by atoms with Crippen LogP contribution in [-0.2, 0) is 66.5 Å². The minimum absolute atomic E-state index is 0.00158. The molecular formula is C120H121N15O4. The molecule has 11 aliphatic rings. The number of aromatic nitrogens is 8. The topological polar surface area (TPSA) is 184 Å². The van der Waals surface area contributed by atoms with Gasteiger partial charge in [0.15, 0.2) is 40.6 Å². The molecule has 3 fully saturated rings. The second-order valence-corrected chi connectivity index (χ2v) is 41.3. The molecule has 4 aromatic heterocycles. The van der Waals surface area contributed by atoms with Gasteiger partial charge in [-0.1, -0.05) is 269 Å². The standard InChI is InChI=1S/C32H33N3O.C31H32N4O.C30H30N4O.C27H26N4O/c1-21-27-19-18-26-29(24-12-8-5-9-13-24)34-35(31(26)32(27,2)20-28(33-3)30(21)36)25-16-14-23(15-17-25)22-10-6-4-7-11-22;1-21-26-17-16-25-29(31(26,2)20-27(32-3)28(21)36)35(33-30(25)34-18-8-5-9-19-34)24-14-12-23(13-15-24)22-10-6-4-7-11-22;1-19-25-17-16-24-28(30(25,2)18-26(31-3)27(19)35)34(33-29(24)32-22-10-7-11-22)23-14-12-21(13-15-23)20-8-5-4-6-9-20;1-17-22-15-14-21-25(27(22,2)16-23(28-3)24(17)32)31(30-26(21)29-4)20-12-10-19(11-13-20)18-8-6-5-7-9-18/h4,6-7,10-11,14-17,20-21,24,27H,5,8-9,12-13,18-19H2,1-2H3;4,6-7,10-15,20-21,26H,5,8-9,16-19H2,1-2H3;4-6,8-9,12-15,18-19,22,25H,7,10-11,16-17H2,1-2H3,(H,32,33);5-13,16-17,22H,14-15H2,1-2,4H3,(H,29,30)/t21-,27-,32-;21-,26-,31-;19-,25-,30-;17-,22-,27-/m1111/s1. The lowest BCUT2D eigenvalue weighted by atomic mass is 9.58. The Labute approximate surface area is 816 Å². The number of hydrogen-bond acceptors (Lipinski definition) is 11. The second kappa shape index (κ2) is 37.8. The van der Waals surface area contributed by atoms with Gasteiger partial charge >= 0.3 is 0 Å². The first-order chi connectivity index (χ1) is 67.5. The number of ketones is 4. The molecule has 0 radical (unpaired) electrons. The number of carbonyl (C=O) groups is 4. The van der Waals surface area contributed by atoms with Crippen molar-refractivity contribution in [2.45, 2.75) is 211 Å². The molecule has 5 heterocycles. The maximum Gasteiger partial charge on any atom is 0.226 e. The summed E-state index contributed by atoms with van der Waals surface area (Å²) in [6, 6.07) is 76.3. The summed E-state index contributed by atoms with van der Waals surface area (Å²) in [7, 11) is 1.90. The van der Waals surface area contributed by atoms with Gasteiger partial charge in [0.1, 0.15) is 0 Å². The van der Waals surface area contributed by atoms with Crippen LogP contribution in [0.15, 0.2) is 265 Å². The summed E-state index contributed by atoms with van der Waals surface area (Å²) in [4.78, 5) is 68.5. The fourth-order valence-electron chi connectivity index (χ4n) is 25.9. The zero-order chi connectivity index (χ0) is 96.3. The van der Waals surface area contributed by atoms with Crippen LogP contribution in [0.25, 0.3) is 86.6 Å². The van der Waals surface area contributed by atoms with Crippen LogP contribution in [0.5, 0.6) is 0 Å². The molecule has 8 aromatic carbocycles. The van der Waals surface area contributed by atoms with Crippen LogP contribution in [-0.4, -0.2) is 88.4 Å². The predicted molar refractivity (Wildman–Crippen MR) is 551 cm³/mol. The Balaban J connectivity index is 0.000000114. The van der Waals surface area contributed by atoms with E-state index in [-0.39, 0.29) is 87.6 Å². The molecule has 19 nitrogen and oxygen atoms in total. The van der Waals surface area contributed by atoms with Gasteiger partial charge in [0.25, 0.3) is 0 Å². The van der Waals surface area contributed by atoms with E-state index in [1.807, 2.05) is 100 Å².